The first kappa shape index (κ1) is 15.9. The van der Waals surface area contributed by atoms with E-state index in [4.69, 9.17) is 0 Å². The number of hydrogen-bond donors (Lipinski definition) is 1. The average molecular weight is 282 g/mol. The molecule has 106 valence electrons. The van der Waals surface area contributed by atoms with E-state index in [2.05, 4.69) is 20.5 Å². The summed E-state index contributed by atoms with van der Waals surface area (Å²) in [7, 11) is 0. The molecule has 5 nitrogen and oxygen atoms in total. The van der Waals surface area contributed by atoms with Gasteiger partial charge in [0.05, 0.1) is 17.1 Å². The molecule has 1 rings (SSSR count). The molecule has 0 aliphatic rings. The van der Waals surface area contributed by atoms with Crippen LogP contribution in [-0.2, 0) is 17.6 Å². The highest BCUT2D eigenvalue weighted by Crippen LogP contribution is 2.14. The predicted molar refractivity (Wildman–Crippen MR) is 77.2 cm³/mol. The van der Waals surface area contributed by atoms with Crippen molar-refractivity contribution in [3.8, 4) is 0 Å². The molecule has 0 saturated carbocycles. The highest BCUT2D eigenvalue weighted by atomic mass is 32.2. The number of hydrogen-bond acceptors (Lipinski definition) is 5. The van der Waals surface area contributed by atoms with Crippen molar-refractivity contribution in [2.75, 3.05) is 5.75 Å². The van der Waals surface area contributed by atoms with Gasteiger partial charge in [-0.3, -0.25) is 4.79 Å². The molecule has 0 aromatic carbocycles. The quantitative estimate of drug-likeness (QED) is 0.837. The van der Waals surface area contributed by atoms with E-state index in [1.54, 1.807) is 0 Å². The van der Waals surface area contributed by atoms with Crippen LogP contribution in [0, 0.1) is 0 Å². The van der Waals surface area contributed by atoms with E-state index in [1.165, 1.54) is 11.8 Å². The van der Waals surface area contributed by atoms with Crippen LogP contribution in [0.25, 0.3) is 0 Å². The van der Waals surface area contributed by atoms with Crippen LogP contribution in [0.3, 0.4) is 0 Å². The zero-order valence-corrected chi connectivity index (χ0v) is 13.1. The minimum atomic E-state index is -0.211. The number of carbonyl (C=O) groups is 1. The molecule has 0 radical (unpaired) electrons. The van der Waals surface area contributed by atoms with Crippen molar-refractivity contribution in [1.29, 1.82) is 0 Å². The van der Waals surface area contributed by atoms with Gasteiger partial charge in [-0.05, 0) is 33.6 Å². The number of rotatable bonds is 5. The van der Waals surface area contributed by atoms with Gasteiger partial charge in [0.1, 0.15) is 0 Å². The Hall–Kier alpha value is -1.17. The van der Waals surface area contributed by atoms with Crippen molar-refractivity contribution in [2.24, 2.45) is 0 Å². The minimum absolute atomic E-state index is 0.0151. The molecule has 19 heavy (non-hydrogen) atoms. The number of amides is 1. The van der Waals surface area contributed by atoms with E-state index < -0.39 is 0 Å². The van der Waals surface area contributed by atoms with Crippen molar-refractivity contribution >= 4 is 17.7 Å². The van der Waals surface area contributed by atoms with Crippen molar-refractivity contribution in [3.05, 3.63) is 11.4 Å². The summed E-state index contributed by atoms with van der Waals surface area (Å²) >= 11 is 1.32. The van der Waals surface area contributed by atoms with Crippen molar-refractivity contribution in [3.63, 3.8) is 0 Å². The Kier molecular flexibility index (Phi) is 5.72. The molecule has 1 N–H and O–H groups in total. The van der Waals surface area contributed by atoms with Gasteiger partial charge in [0.25, 0.3) is 0 Å². The fourth-order valence-corrected chi connectivity index (χ4v) is 2.17. The SMILES string of the molecule is CCc1nnc(SCC(=O)NC(C)(C)C)nc1CC. The molecule has 0 unspecified atom stereocenters. The molecule has 0 saturated heterocycles. The second-order valence-corrected chi connectivity index (χ2v) is 6.22. The summed E-state index contributed by atoms with van der Waals surface area (Å²) in [4.78, 5) is 16.1. The van der Waals surface area contributed by atoms with E-state index in [0.717, 1.165) is 24.2 Å². The number of nitrogens with zero attached hydrogens (tertiary/aromatic N) is 3. The standard InChI is InChI=1S/C13H22N4OS/c1-6-9-10(7-2)16-17-12(14-9)19-8-11(18)15-13(3,4)5/h6-8H2,1-5H3,(H,15,18). The van der Waals surface area contributed by atoms with Crippen LogP contribution in [0.1, 0.15) is 46.0 Å². The summed E-state index contributed by atoms with van der Waals surface area (Å²) in [6.45, 7) is 9.95. The van der Waals surface area contributed by atoms with E-state index >= 15 is 0 Å². The second kappa shape index (κ2) is 6.84. The lowest BCUT2D eigenvalue weighted by atomic mass is 10.1. The molecule has 1 heterocycles. The maximum Gasteiger partial charge on any atom is 0.230 e. The Labute approximate surface area is 119 Å². The van der Waals surface area contributed by atoms with Crippen LogP contribution >= 0.6 is 11.8 Å². The van der Waals surface area contributed by atoms with E-state index in [1.807, 2.05) is 34.6 Å². The van der Waals surface area contributed by atoms with Crippen LogP contribution < -0.4 is 5.32 Å². The maximum atomic E-state index is 11.7. The van der Waals surface area contributed by atoms with Crippen molar-refractivity contribution in [1.82, 2.24) is 20.5 Å². The lowest BCUT2D eigenvalue weighted by Gasteiger charge is -2.20. The van der Waals surface area contributed by atoms with Crippen LogP contribution in [0.5, 0.6) is 0 Å². The number of thioether (sulfide) groups is 1. The number of aryl methyl sites for hydroxylation is 2. The summed E-state index contributed by atoms with van der Waals surface area (Å²) in [5, 5.41) is 11.7. The highest BCUT2D eigenvalue weighted by molar-refractivity contribution is 7.99. The lowest BCUT2D eigenvalue weighted by Crippen LogP contribution is -2.41. The van der Waals surface area contributed by atoms with Crippen LogP contribution in [0.4, 0.5) is 0 Å². The highest BCUT2D eigenvalue weighted by Gasteiger charge is 2.14. The smallest absolute Gasteiger partial charge is 0.230 e. The van der Waals surface area contributed by atoms with Gasteiger partial charge in [-0.2, -0.15) is 5.10 Å². The molecular weight excluding hydrogens is 260 g/mol. The predicted octanol–water partition coefficient (Wildman–Crippen LogP) is 2.00. The Bertz CT molecular complexity index is 443. The molecule has 0 spiro atoms. The summed E-state index contributed by atoms with van der Waals surface area (Å²) in [6, 6.07) is 0. The summed E-state index contributed by atoms with van der Waals surface area (Å²) < 4.78 is 0. The third-order valence-corrected chi connectivity index (χ3v) is 3.17. The van der Waals surface area contributed by atoms with Crippen molar-refractivity contribution in [2.45, 2.75) is 58.2 Å². The van der Waals surface area contributed by atoms with Crippen LogP contribution in [0.15, 0.2) is 5.16 Å². The first-order valence-electron chi connectivity index (χ1n) is 6.52. The third kappa shape index (κ3) is 5.55. The molecular formula is C13H22N4OS. The molecule has 0 aliphatic heterocycles. The van der Waals surface area contributed by atoms with E-state index in [0.29, 0.717) is 10.9 Å². The van der Waals surface area contributed by atoms with Crippen LogP contribution in [-0.4, -0.2) is 32.4 Å². The number of nitrogens with one attached hydrogen (secondary N) is 1. The molecule has 0 aliphatic carbocycles. The van der Waals surface area contributed by atoms with Gasteiger partial charge >= 0.3 is 0 Å². The van der Waals surface area contributed by atoms with Crippen molar-refractivity contribution < 1.29 is 4.79 Å². The molecule has 0 atom stereocenters. The Morgan fingerprint density at radius 3 is 2.32 bits per heavy atom. The second-order valence-electron chi connectivity index (χ2n) is 5.28. The van der Waals surface area contributed by atoms with Gasteiger partial charge in [0.15, 0.2) is 0 Å². The largest absolute Gasteiger partial charge is 0.351 e. The van der Waals surface area contributed by atoms with E-state index in [-0.39, 0.29) is 11.4 Å². The Balaban J connectivity index is 2.61. The molecule has 0 bridgehead atoms. The first-order chi connectivity index (χ1) is 8.85. The zero-order chi connectivity index (χ0) is 14.5. The molecule has 1 aromatic heterocycles. The maximum absolute atomic E-state index is 11.7. The molecule has 0 fully saturated rings. The molecule has 1 aromatic rings. The summed E-state index contributed by atoms with van der Waals surface area (Å²) in [5.41, 5.74) is 1.69. The lowest BCUT2D eigenvalue weighted by molar-refractivity contribution is -0.119. The normalized spacial score (nSPS) is 11.4. The topological polar surface area (TPSA) is 67.8 Å². The zero-order valence-electron chi connectivity index (χ0n) is 12.3. The van der Waals surface area contributed by atoms with Gasteiger partial charge in [-0.25, -0.2) is 4.98 Å². The Morgan fingerprint density at radius 1 is 1.16 bits per heavy atom. The first-order valence-corrected chi connectivity index (χ1v) is 7.50. The fraction of sp³-hybridized carbons (Fsp3) is 0.692. The monoisotopic (exact) mass is 282 g/mol. The molecule has 1 amide bonds. The summed E-state index contributed by atoms with van der Waals surface area (Å²) in [6.07, 6.45) is 1.67. The van der Waals surface area contributed by atoms with Gasteiger partial charge in [0, 0.05) is 5.54 Å². The van der Waals surface area contributed by atoms with Gasteiger partial charge < -0.3 is 5.32 Å². The van der Waals surface area contributed by atoms with Gasteiger partial charge in [-0.15, -0.1) is 5.10 Å². The third-order valence-electron chi connectivity index (χ3n) is 2.34. The average Bonchev–Trinajstić information content (AvgIpc) is 2.33. The van der Waals surface area contributed by atoms with Crippen LogP contribution in [0.2, 0.25) is 0 Å². The summed E-state index contributed by atoms with van der Waals surface area (Å²) in [5.74, 6) is 0.298. The Morgan fingerprint density at radius 2 is 1.79 bits per heavy atom. The van der Waals surface area contributed by atoms with Gasteiger partial charge in [0.2, 0.25) is 11.1 Å². The van der Waals surface area contributed by atoms with Gasteiger partial charge in [-0.1, -0.05) is 25.6 Å². The van der Waals surface area contributed by atoms with E-state index in [9.17, 15) is 4.79 Å². The molecule has 6 heteroatoms. The minimum Gasteiger partial charge on any atom is -0.351 e. The number of carbonyl (C=O) groups excluding carboxylic acids is 1. The number of aromatic nitrogens is 3. The fourth-order valence-electron chi connectivity index (χ4n) is 1.57.